The topological polar surface area (TPSA) is 66.8 Å². The monoisotopic (exact) mass is 243 g/mol. The number of carboxylic acids is 1. The summed E-state index contributed by atoms with van der Waals surface area (Å²) in [7, 11) is 1.60. The molecule has 17 heavy (non-hydrogen) atoms. The minimum absolute atomic E-state index is 0.0363. The summed E-state index contributed by atoms with van der Waals surface area (Å²) in [5.41, 5.74) is -0.783. The van der Waals surface area contributed by atoms with E-state index in [0.717, 1.165) is 6.42 Å². The fraction of sp³-hybridized carbons (Fsp3) is 0.833. The Bertz CT molecular complexity index is 292. The first-order valence-electron chi connectivity index (χ1n) is 6.00. The zero-order valence-electron chi connectivity index (χ0n) is 10.6. The second kappa shape index (κ2) is 6.00. The van der Waals surface area contributed by atoms with E-state index in [1.54, 1.807) is 18.9 Å². The number of nitrogens with zero attached hydrogens (tertiary/aromatic N) is 1. The predicted octanol–water partition coefficient (Wildman–Crippen LogP) is 1.13. The number of hydrogen-bond acceptors (Lipinski definition) is 3. The summed E-state index contributed by atoms with van der Waals surface area (Å²) in [6.45, 7) is 3.28. The minimum atomic E-state index is -0.813. The Balaban J connectivity index is 2.49. The predicted molar refractivity (Wildman–Crippen MR) is 62.7 cm³/mol. The summed E-state index contributed by atoms with van der Waals surface area (Å²) < 4.78 is 4.89. The van der Waals surface area contributed by atoms with Gasteiger partial charge in [-0.2, -0.15) is 0 Å². The molecule has 1 saturated heterocycles. The molecule has 5 heteroatoms. The van der Waals surface area contributed by atoms with Crippen LogP contribution in [-0.2, 0) is 14.3 Å². The maximum absolute atomic E-state index is 11.9. The maximum atomic E-state index is 11.9. The molecule has 0 aromatic heterocycles. The number of carboxylic acid groups (broad SMARTS) is 1. The maximum Gasteiger partial charge on any atom is 0.311 e. The Labute approximate surface area is 102 Å². The Morgan fingerprint density at radius 2 is 2.18 bits per heavy atom. The summed E-state index contributed by atoms with van der Waals surface area (Å²) in [6.07, 6.45) is 2.53. The molecular weight excluding hydrogens is 222 g/mol. The van der Waals surface area contributed by atoms with Crippen molar-refractivity contribution in [3.63, 3.8) is 0 Å². The van der Waals surface area contributed by atoms with Gasteiger partial charge in [0.1, 0.15) is 0 Å². The van der Waals surface area contributed by atoms with Crippen LogP contribution in [0.4, 0.5) is 0 Å². The van der Waals surface area contributed by atoms with Gasteiger partial charge in [-0.3, -0.25) is 9.59 Å². The van der Waals surface area contributed by atoms with Crippen molar-refractivity contribution >= 4 is 11.9 Å². The third-order valence-corrected chi connectivity index (χ3v) is 3.30. The van der Waals surface area contributed by atoms with Gasteiger partial charge >= 0.3 is 5.97 Å². The number of hydrogen-bond donors (Lipinski definition) is 1. The van der Waals surface area contributed by atoms with Crippen LogP contribution in [0.3, 0.4) is 0 Å². The van der Waals surface area contributed by atoms with Gasteiger partial charge in [-0.15, -0.1) is 0 Å². The van der Waals surface area contributed by atoms with Crippen LogP contribution in [0, 0.1) is 5.41 Å². The zero-order valence-corrected chi connectivity index (χ0v) is 10.6. The molecule has 0 bridgehead atoms. The summed E-state index contributed by atoms with van der Waals surface area (Å²) in [6, 6.07) is 0. The van der Waals surface area contributed by atoms with Gasteiger partial charge in [0, 0.05) is 33.2 Å². The Hall–Kier alpha value is -1.10. The van der Waals surface area contributed by atoms with E-state index in [2.05, 4.69) is 0 Å². The smallest absolute Gasteiger partial charge is 0.311 e. The van der Waals surface area contributed by atoms with Gasteiger partial charge < -0.3 is 14.7 Å². The molecule has 1 amide bonds. The second-order valence-corrected chi connectivity index (χ2v) is 4.88. The molecule has 1 aliphatic heterocycles. The number of ether oxygens (including phenoxy) is 1. The lowest BCUT2D eigenvalue weighted by Crippen LogP contribution is -2.48. The highest BCUT2D eigenvalue weighted by Crippen LogP contribution is 2.29. The number of likely N-dealkylation sites (tertiary alicyclic amines) is 1. The summed E-state index contributed by atoms with van der Waals surface area (Å²) in [5, 5.41) is 9.15. The van der Waals surface area contributed by atoms with Gasteiger partial charge in [-0.05, 0) is 26.2 Å². The quantitative estimate of drug-likeness (QED) is 0.735. The highest BCUT2D eigenvalue weighted by Gasteiger charge is 2.39. The van der Waals surface area contributed by atoms with E-state index >= 15 is 0 Å². The molecule has 1 fully saturated rings. The van der Waals surface area contributed by atoms with Crippen molar-refractivity contribution in [3.05, 3.63) is 0 Å². The van der Waals surface area contributed by atoms with Crippen LogP contribution in [-0.4, -0.2) is 48.7 Å². The van der Waals surface area contributed by atoms with Gasteiger partial charge in [0.05, 0.1) is 5.41 Å². The molecule has 0 saturated carbocycles. The van der Waals surface area contributed by atoms with E-state index < -0.39 is 11.4 Å². The average Bonchev–Trinajstić information content (AvgIpc) is 2.29. The van der Waals surface area contributed by atoms with E-state index in [-0.39, 0.29) is 5.91 Å². The number of carbonyl (C=O) groups excluding carboxylic acids is 1. The van der Waals surface area contributed by atoms with Gasteiger partial charge in [0.25, 0.3) is 0 Å². The molecule has 0 aromatic carbocycles. The number of rotatable bonds is 5. The number of aliphatic carboxylic acids is 1. The van der Waals surface area contributed by atoms with Crippen LogP contribution in [0.25, 0.3) is 0 Å². The summed E-state index contributed by atoms with van der Waals surface area (Å²) in [4.78, 5) is 24.7. The highest BCUT2D eigenvalue weighted by atomic mass is 16.5. The van der Waals surface area contributed by atoms with E-state index in [1.165, 1.54) is 0 Å². The highest BCUT2D eigenvalue weighted by molar-refractivity contribution is 5.79. The molecule has 0 radical (unpaired) electrons. The van der Waals surface area contributed by atoms with Crippen LogP contribution < -0.4 is 0 Å². The van der Waals surface area contributed by atoms with Crippen molar-refractivity contribution < 1.29 is 19.4 Å². The molecule has 0 spiro atoms. The molecule has 1 unspecified atom stereocenters. The summed E-state index contributed by atoms with van der Waals surface area (Å²) in [5.74, 6) is -0.777. The van der Waals surface area contributed by atoms with Crippen LogP contribution >= 0.6 is 0 Å². The van der Waals surface area contributed by atoms with Crippen LogP contribution in [0.15, 0.2) is 0 Å². The fourth-order valence-corrected chi connectivity index (χ4v) is 2.15. The Morgan fingerprint density at radius 3 is 2.76 bits per heavy atom. The summed E-state index contributed by atoms with van der Waals surface area (Å²) >= 11 is 0. The van der Waals surface area contributed by atoms with Crippen molar-refractivity contribution in [3.8, 4) is 0 Å². The van der Waals surface area contributed by atoms with Gasteiger partial charge in [0.2, 0.25) is 5.91 Å². The van der Waals surface area contributed by atoms with Gasteiger partial charge in [-0.1, -0.05) is 0 Å². The van der Waals surface area contributed by atoms with Gasteiger partial charge in [-0.25, -0.2) is 0 Å². The molecule has 1 N–H and O–H groups in total. The molecule has 1 aliphatic rings. The van der Waals surface area contributed by atoms with Crippen molar-refractivity contribution in [2.24, 2.45) is 5.41 Å². The Morgan fingerprint density at radius 1 is 1.47 bits per heavy atom. The average molecular weight is 243 g/mol. The number of amides is 1. The van der Waals surface area contributed by atoms with E-state index in [1.807, 2.05) is 0 Å². The molecule has 98 valence electrons. The van der Waals surface area contributed by atoms with Crippen molar-refractivity contribution in [1.82, 2.24) is 4.90 Å². The first-order chi connectivity index (χ1) is 7.99. The molecule has 0 aliphatic carbocycles. The van der Waals surface area contributed by atoms with E-state index in [0.29, 0.717) is 39.0 Å². The van der Waals surface area contributed by atoms with Crippen molar-refractivity contribution in [2.75, 3.05) is 26.8 Å². The SMILES string of the molecule is COCCCC(=O)N1CCCC(C)(C(=O)O)C1. The first-order valence-corrected chi connectivity index (χ1v) is 6.00. The van der Waals surface area contributed by atoms with Crippen LogP contribution in [0.2, 0.25) is 0 Å². The normalized spacial score (nSPS) is 24.7. The number of piperidine rings is 1. The molecule has 1 heterocycles. The molecule has 0 aromatic rings. The molecule has 5 nitrogen and oxygen atoms in total. The molecule has 1 atom stereocenters. The number of carbonyl (C=O) groups is 2. The lowest BCUT2D eigenvalue weighted by atomic mass is 9.82. The lowest BCUT2D eigenvalue weighted by molar-refractivity contribution is -0.153. The van der Waals surface area contributed by atoms with Crippen molar-refractivity contribution in [2.45, 2.75) is 32.6 Å². The largest absolute Gasteiger partial charge is 0.481 e. The van der Waals surface area contributed by atoms with Crippen LogP contribution in [0.5, 0.6) is 0 Å². The first kappa shape index (κ1) is 14.0. The molecule has 1 rings (SSSR count). The van der Waals surface area contributed by atoms with Crippen molar-refractivity contribution in [1.29, 1.82) is 0 Å². The minimum Gasteiger partial charge on any atom is -0.481 e. The second-order valence-electron chi connectivity index (χ2n) is 4.88. The Kier molecular flexibility index (Phi) is 4.93. The third kappa shape index (κ3) is 3.70. The van der Waals surface area contributed by atoms with Crippen LogP contribution in [0.1, 0.15) is 32.6 Å². The van der Waals surface area contributed by atoms with Gasteiger partial charge in [0.15, 0.2) is 0 Å². The third-order valence-electron chi connectivity index (χ3n) is 3.30. The molecular formula is C12H21NO4. The lowest BCUT2D eigenvalue weighted by Gasteiger charge is -2.37. The van der Waals surface area contributed by atoms with E-state index in [9.17, 15) is 9.59 Å². The fourth-order valence-electron chi connectivity index (χ4n) is 2.15. The number of methoxy groups -OCH3 is 1. The van der Waals surface area contributed by atoms with E-state index in [4.69, 9.17) is 9.84 Å². The zero-order chi connectivity index (χ0) is 12.9. The standard InChI is InChI=1S/C12H21NO4/c1-12(11(15)16)6-4-7-13(9-12)10(14)5-3-8-17-2/h3-9H2,1-2H3,(H,15,16).